The fourth-order valence-electron chi connectivity index (χ4n) is 1.80. The number of aromatic nitrogens is 3. The Balaban J connectivity index is 2.16. The van der Waals surface area contributed by atoms with Crippen LogP contribution in [0, 0.1) is 5.92 Å². The molecule has 0 aromatic carbocycles. The second-order valence-corrected chi connectivity index (χ2v) is 4.13. The third-order valence-electron chi connectivity index (χ3n) is 2.90. The molecule has 2 N–H and O–H groups in total. The van der Waals surface area contributed by atoms with Gasteiger partial charge in [-0.3, -0.25) is 0 Å². The predicted molar refractivity (Wildman–Crippen MR) is 55.1 cm³/mol. The molecule has 1 aliphatic carbocycles. The van der Waals surface area contributed by atoms with Gasteiger partial charge >= 0.3 is 5.97 Å². The van der Waals surface area contributed by atoms with Crippen molar-refractivity contribution < 1.29 is 15.0 Å². The van der Waals surface area contributed by atoms with E-state index in [9.17, 15) is 9.90 Å². The summed E-state index contributed by atoms with van der Waals surface area (Å²) in [6.07, 6.45) is 2.20. The smallest absolute Gasteiger partial charge is 0.358 e. The zero-order valence-electron chi connectivity index (χ0n) is 9.13. The zero-order chi connectivity index (χ0) is 11.7. The van der Waals surface area contributed by atoms with Crippen LogP contribution in [0.2, 0.25) is 0 Å². The summed E-state index contributed by atoms with van der Waals surface area (Å²) in [6, 6.07) is 0. The van der Waals surface area contributed by atoms with Gasteiger partial charge in [0.25, 0.3) is 0 Å². The standard InChI is InChI=1S/C10H15N3O3/c1-2-7-9(10(15)16)11-12-13(7)5-8(14)6-3-4-6/h6,8,14H,2-5H2,1H3,(H,15,16). The van der Waals surface area contributed by atoms with E-state index < -0.39 is 12.1 Å². The lowest BCUT2D eigenvalue weighted by Crippen LogP contribution is -2.20. The SMILES string of the molecule is CCc1c(C(=O)O)nnn1CC(O)C1CC1. The molecule has 6 heteroatoms. The summed E-state index contributed by atoms with van der Waals surface area (Å²) in [5.41, 5.74) is 0.567. The molecule has 1 aromatic heterocycles. The van der Waals surface area contributed by atoms with E-state index in [1.54, 1.807) is 0 Å². The maximum atomic E-state index is 10.8. The third kappa shape index (κ3) is 2.06. The van der Waals surface area contributed by atoms with E-state index in [-0.39, 0.29) is 5.69 Å². The third-order valence-corrected chi connectivity index (χ3v) is 2.90. The number of rotatable bonds is 5. The van der Waals surface area contributed by atoms with E-state index in [1.165, 1.54) is 4.68 Å². The molecule has 0 bridgehead atoms. The van der Waals surface area contributed by atoms with Crippen molar-refractivity contribution in [1.82, 2.24) is 15.0 Å². The summed E-state index contributed by atoms with van der Waals surface area (Å²) in [4.78, 5) is 10.8. The molecule has 0 amide bonds. The molecule has 1 aliphatic rings. The number of nitrogens with zero attached hydrogens (tertiary/aromatic N) is 3. The average molecular weight is 225 g/mol. The molecule has 1 fully saturated rings. The number of carboxylic acids is 1. The second-order valence-electron chi connectivity index (χ2n) is 4.13. The first kappa shape index (κ1) is 11.1. The minimum atomic E-state index is -1.07. The van der Waals surface area contributed by atoms with Crippen LogP contribution in [0.4, 0.5) is 0 Å². The van der Waals surface area contributed by atoms with Crippen molar-refractivity contribution in [2.24, 2.45) is 5.92 Å². The van der Waals surface area contributed by atoms with E-state index in [2.05, 4.69) is 10.3 Å². The van der Waals surface area contributed by atoms with E-state index >= 15 is 0 Å². The van der Waals surface area contributed by atoms with Crippen molar-refractivity contribution in [2.45, 2.75) is 38.8 Å². The molecule has 2 rings (SSSR count). The highest BCUT2D eigenvalue weighted by Gasteiger charge is 2.31. The summed E-state index contributed by atoms with van der Waals surface area (Å²) in [5.74, 6) is -0.716. The van der Waals surface area contributed by atoms with Gasteiger partial charge in [-0.2, -0.15) is 0 Å². The highest BCUT2D eigenvalue weighted by molar-refractivity contribution is 5.86. The Labute approximate surface area is 92.9 Å². The van der Waals surface area contributed by atoms with Gasteiger partial charge in [0.05, 0.1) is 18.3 Å². The lowest BCUT2D eigenvalue weighted by atomic mass is 10.2. The summed E-state index contributed by atoms with van der Waals surface area (Å²) in [6.45, 7) is 2.19. The first-order valence-electron chi connectivity index (χ1n) is 5.47. The molecule has 0 radical (unpaired) electrons. The molecule has 1 saturated carbocycles. The Hall–Kier alpha value is -1.43. The van der Waals surface area contributed by atoms with Gasteiger partial charge in [0.1, 0.15) is 0 Å². The molecular formula is C10H15N3O3. The van der Waals surface area contributed by atoms with Crippen molar-refractivity contribution in [3.05, 3.63) is 11.4 Å². The molecular weight excluding hydrogens is 210 g/mol. The van der Waals surface area contributed by atoms with Crippen LogP contribution in [-0.2, 0) is 13.0 Å². The van der Waals surface area contributed by atoms with Gasteiger partial charge < -0.3 is 10.2 Å². The normalized spacial score (nSPS) is 17.4. The topological polar surface area (TPSA) is 88.2 Å². The van der Waals surface area contributed by atoms with Crippen LogP contribution in [0.15, 0.2) is 0 Å². The van der Waals surface area contributed by atoms with Crippen LogP contribution in [-0.4, -0.2) is 37.3 Å². The van der Waals surface area contributed by atoms with Crippen LogP contribution in [0.1, 0.15) is 35.9 Å². The summed E-state index contributed by atoms with van der Waals surface area (Å²) < 4.78 is 1.51. The van der Waals surface area contributed by atoms with E-state index in [4.69, 9.17) is 5.11 Å². The maximum absolute atomic E-state index is 10.8. The van der Waals surface area contributed by atoms with Crippen LogP contribution in [0.25, 0.3) is 0 Å². The van der Waals surface area contributed by atoms with Crippen molar-refractivity contribution in [1.29, 1.82) is 0 Å². The Morgan fingerprint density at radius 1 is 1.62 bits per heavy atom. The summed E-state index contributed by atoms with van der Waals surface area (Å²) in [5, 5.41) is 26.1. The van der Waals surface area contributed by atoms with E-state index in [0.717, 1.165) is 12.8 Å². The van der Waals surface area contributed by atoms with Crippen LogP contribution in [0.5, 0.6) is 0 Å². The van der Waals surface area contributed by atoms with Crippen LogP contribution >= 0.6 is 0 Å². The van der Waals surface area contributed by atoms with E-state index in [1.807, 2.05) is 6.92 Å². The molecule has 0 saturated heterocycles. The Bertz CT molecular complexity index is 398. The molecule has 6 nitrogen and oxygen atoms in total. The van der Waals surface area contributed by atoms with E-state index in [0.29, 0.717) is 24.6 Å². The minimum absolute atomic E-state index is 0.00880. The lowest BCUT2D eigenvalue weighted by molar-refractivity contribution is 0.0688. The first-order chi connectivity index (χ1) is 7.63. The number of aliphatic hydroxyl groups is 1. The molecule has 0 aliphatic heterocycles. The van der Waals surface area contributed by atoms with Gasteiger partial charge in [0.2, 0.25) is 0 Å². The average Bonchev–Trinajstić information content (AvgIpc) is 3.00. The van der Waals surface area contributed by atoms with Crippen molar-refractivity contribution >= 4 is 5.97 Å². The van der Waals surface area contributed by atoms with Crippen molar-refractivity contribution in [2.75, 3.05) is 0 Å². The predicted octanol–water partition coefficient (Wildman–Crippen LogP) is 0.310. The Kier molecular flexibility index (Phi) is 2.91. The lowest BCUT2D eigenvalue weighted by Gasteiger charge is -2.10. The number of carboxylic acid groups (broad SMARTS) is 1. The number of aliphatic hydroxyl groups excluding tert-OH is 1. The summed E-state index contributed by atoms with van der Waals surface area (Å²) in [7, 11) is 0. The van der Waals surface area contributed by atoms with Gasteiger partial charge in [-0.05, 0) is 25.2 Å². The first-order valence-corrected chi connectivity index (χ1v) is 5.47. The molecule has 1 aromatic rings. The zero-order valence-corrected chi connectivity index (χ0v) is 9.13. The fourth-order valence-corrected chi connectivity index (χ4v) is 1.80. The number of carbonyl (C=O) groups is 1. The van der Waals surface area contributed by atoms with Gasteiger partial charge in [-0.25, -0.2) is 9.48 Å². The number of hydrogen-bond acceptors (Lipinski definition) is 4. The number of aromatic carboxylic acids is 1. The molecule has 16 heavy (non-hydrogen) atoms. The molecule has 1 unspecified atom stereocenters. The minimum Gasteiger partial charge on any atom is -0.476 e. The Morgan fingerprint density at radius 2 is 2.31 bits per heavy atom. The Morgan fingerprint density at radius 3 is 2.81 bits per heavy atom. The second kappa shape index (κ2) is 4.21. The summed E-state index contributed by atoms with van der Waals surface area (Å²) >= 11 is 0. The monoisotopic (exact) mass is 225 g/mol. The quantitative estimate of drug-likeness (QED) is 0.752. The molecule has 1 atom stereocenters. The van der Waals surface area contributed by atoms with Gasteiger partial charge in [0.15, 0.2) is 5.69 Å². The van der Waals surface area contributed by atoms with Gasteiger partial charge in [0, 0.05) is 0 Å². The fraction of sp³-hybridized carbons (Fsp3) is 0.700. The van der Waals surface area contributed by atoms with Crippen LogP contribution < -0.4 is 0 Å². The van der Waals surface area contributed by atoms with Gasteiger partial charge in [-0.1, -0.05) is 12.1 Å². The van der Waals surface area contributed by atoms with Crippen LogP contribution in [0.3, 0.4) is 0 Å². The highest BCUT2D eigenvalue weighted by atomic mass is 16.4. The number of hydrogen-bond donors (Lipinski definition) is 2. The maximum Gasteiger partial charge on any atom is 0.358 e. The molecule has 88 valence electrons. The van der Waals surface area contributed by atoms with Gasteiger partial charge in [-0.15, -0.1) is 5.10 Å². The van der Waals surface area contributed by atoms with Crippen molar-refractivity contribution in [3.8, 4) is 0 Å². The molecule has 1 heterocycles. The van der Waals surface area contributed by atoms with Crippen molar-refractivity contribution in [3.63, 3.8) is 0 Å². The highest BCUT2D eigenvalue weighted by Crippen LogP contribution is 2.33. The largest absolute Gasteiger partial charge is 0.476 e. The molecule has 0 spiro atoms.